The van der Waals surface area contributed by atoms with Crippen molar-refractivity contribution in [2.45, 2.75) is 71.2 Å². The fourth-order valence-corrected chi connectivity index (χ4v) is 4.04. The van der Waals surface area contributed by atoms with E-state index >= 15 is 0 Å². The molecule has 1 aliphatic rings. The van der Waals surface area contributed by atoms with Crippen LogP contribution in [0.2, 0.25) is 0 Å². The summed E-state index contributed by atoms with van der Waals surface area (Å²) in [7, 11) is 0. The van der Waals surface area contributed by atoms with Crippen LogP contribution in [0.25, 0.3) is 0 Å². The fourth-order valence-electron chi connectivity index (χ4n) is 4.04. The first-order valence-electron chi connectivity index (χ1n) is 11.6. The standard InChI is InChI=1S/C27H35NO6/c1-18(7-5-6-8-21-12-15-28-16-13-21)25-19(2)9-10-24(34-20(3)29)27(4,33)14-11-22(30)17-23(31)26(25)32/h5-7,9-10,12-13,15-16,19,22,24-25,30,33H,8,11,14,17H2,1-4H3/b6-5+,10-9+,18-7+/t19-,22+,24+,25+,27+/m0/s1. The van der Waals surface area contributed by atoms with E-state index in [2.05, 4.69) is 4.98 Å². The monoisotopic (exact) mass is 469 g/mol. The van der Waals surface area contributed by atoms with Crippen LogP contribution in [0.3, 0.4) is 0 Å². The molecule has 0 aliphatic heterocycles. The highest BCUT2D eigenvalue weighted by molar-refractivity contribution is 6.38. The zero-order valence-electron chi connectivity index (χ0n) is 20.3. The van der Waals surface area contributed by atoms with Crippen molar-refractivity contribution in [3.05, 3.63) is 66.0 Å². The lowest BCUT2D eigenvalue weighted by molar-refractivity contribution is -0.156. The number of pyridine rings is 1. The van der Waals surface area contributed by atoms with Gasteiger partial charge in [0.15, 0.2) is 0 Å². The number of rotatable bonds is 5. The fraction of sp³-hybridized carbons (Fsp3) is 0.481. The maximum absolute atomic E-state index is 13.1. The number of esters is 1. The first kappa shape index (κ1) is 27.3. The van der Waals surface area contributed by atoms with Crippen LogP contribution in [0.5, 0.6) is 0 Å². The Morgan fingerprint density at radius 1 is 1.24 bits per heavy atom. The van der Waals surface area contributed by atoms with Gasteiger partial charge in [-0.1, -0.05) is 36.8 Å². The van der Waals surface area contributed by atoms with Crippen LogP contribution < -0.4 is 0 Å². The molecular weight excluding hydrogens is 434 g/mol. The third kappa shape index (κ3) is 8.15. The van der Waals surface area contributed by atoms with Crippen molar-refractivity contribution in [1.82, 2.24) is 4.98 Å². The summed E-state index contributed by atoms with van der Waals surface area (Å²) in [5.74, 6) is -2.91. The van der Waals surface area contributed by atoms with Gasteiger partial charge in [0.05, 0.1) is 12.0 Å². The third-order valence-electron chi connectivity index (χ3n) is 6.07. The largest absolute Gasteiger partial charge is 0.455 e. The number of aliphatic hydroxyl groups is 2. The number of Topliss-reactive ketones (excluding diaryl/α,β-unsaturated/α-hetero) is 2. The molecule has 34 heavy (non-hydrogen) atoms. The number of carbonyl (C=O) groups excluding carboxylic acids is 3. The lowest BCUT2D eigenvalue weighted by Gasteiger charge is -2.32. The summed E-state index contributed by atoms with van der Waals surface area (Å²) in [5.41, 5.74) is 0.359. The molecule has 7 nitrogen and oxygen atoms in total. The van der Waals surface area contributed by atoms with Crippen molar-refractivity contribution in [2.75, 3.05) is 0 Å². The van der Waals surface area contributed by atoms with Crippen LogP contribution >= 0.6 is 0 Å². The van der Waals surface area contributed by atoms with Crippen LogP contribution in [0.1, 0.15) is 52.5 Å². The third-order valence-corrected chi connectivity index (χ3v) is 6.07. The summed E-state index contributed by atoms with van der Waals surface area (Å²) in [5, 5.41) is 21.2. The Kier molecular flexibility index (Phi) is 10.1. The molecular formula is C27H35NO6. The van der Waals surface area contributed by atoms with Gasteiger partial charge in [0.25, 0.3) is 0 Å². The molecule has 184 valence electrons. The highest BCUT2D eigenvalue weighted by Gasteiger charge is 2.36. The zero-order chi connectivity index (χ0) is 25.3. The van der Waals surface area contributed by atoms with Gasteiger partial charge < -0.3 is 14.9 Å². The van der Waals surface area contributed by atoms with E-state index in [1.165, 1.54) is 13.8 Å². The van der Waals surface area contributed by atoms with Gasteiger partial charge in [-0.2, -0.15) is 0 Å². The van der Waals surface area contributed by atoms with E-state index in [1.807, 2.05) is 30.4 Å². The van der Waals surface area contributed by atoms with Crippen LogP contribution in [-0.4, -0.2) is 50.5 Å². The summed E-state index contributed by atoms with van der Waals surface area (Å²) in [6.45, 7) is 6.37. The first-order chi connectivity index (χ1) is 16.0. The summed E-state index contributed by atoms with van der Waals surface area (Å²) >= 11 is 0. The topological polar surface area (TPSA) is 114 Å². The molecule has 0 fully saturated rings. The Labute approximate surface area is 201 Å². The van der Waals surface area contributed by atoms with Crippen molar-refractivity contribution in [3.63, 3.8) is 0 Å². The molecule has 0 saturated carbocycles. The minimum absolute atomic E-state index is 0.0877. The van der Waals surface area contributed by atoms with Crippen molar-refractivity contribution in [2.24, 2.45) is 11.8 Å². The predicted octanol–water partition coefficient (Wildman–Crippen LogP) is 3.30. The lowest BCUT2D eigenvalue weighted by Crippen LogP contribution is -2.42. The Morgan fingerprint density at radius 3 is 2.56 bits per heavy atom. The van der Waals surface area contributed by atoms with Crippen LogP contribution in [-0.2, 0) is 25.5 Å². The molecule has 0 bridgehead atoms. The normalized spacial score (nSPS) is 30.5. The summed E-state index contributed by atoms with van der Waals surface area (Å²) in [4.78, 5) is 41.4. The molecule has 0 aromatic carbocycles. The van der Waals surface area contributed by atoms with Gasteiger partial charge in [-0.15, -0.1) is 0 Å². The van der Waals surface area contributed by atoms with Crippen LogP contribution in [0, 0.1) is 11.8 Å². The molecule has 0 unspecified atom stereocenters. The number of ketones is 2. The highest BCUT2D eigenvalue weighted by Crippen LogP contribution is 2.29. The molecule has 1 aliphatic carbocycles. The smallest absolute Gasteiger partial charge is 0.303 e. The summed E-state index contributed by atoms with van der Waals surface area (Å²) in [6.07, 6.45) is 10.9. The van der Waals surface area contributed by atoms with E-state index in [0.29, 0.717) is 12.0 Å². The van der Waals surface area contributed by atoms with E-state index in [4.69, 9.17) is 4.74 Å². The van der Waals surface area contributed by atoms with Gasteiger partial charge >= 0.3 is 5.97 Å². The molecule has 2 N–H and O–H groups in total. The number of ether oxygens (including phenoxy) is 1. The minimum atomic E-state index is -1.44. The molecule has 1 aromatic heterocycles. The maximum atomic E-state index is 13.1. The molecule has 1 aromatic rings. The van der Waals surface area contributed by atoms with E-state index in [0.717, 1.165) is 5.56 Å². The highest BCUT2D eigenvalue weighted by atomic mass is 16.6. The molecule has 0 saturated heterocycles. The van der Waals surface area contributed by atoms with Crippen LogP contribution in [0.4, 0.5) is 0 Å². The number of hydrogen-bond donors (Lipinski definition) is 2. The predicted molar refractivity (Wildman–Crippen MR) is 129 cm³/mol. The van der Waals surface area contributed by atoms with Gasteiger partial charge in [0, 0.05) is 25.7 Å². The molecule has 0 spiro atoms. The number of allylic oxidation sites excluding steroid dienone is 5. The summed E-state index contributed by atoms with van der Waals surface area (Å²) in [6, 6.07) is 3.84. The van der Waals surface area contributed by atoms with E-state index in [9.17, 15) is 24.6 Å². The number of aliphatic hydroxyl groups excluding tert-OH is 1. The van der Waals surface area contributed by atoms with Crippen molar-refractivity contribution >= 4 is 17.5 Å². The van der Waals surface area contributed by atoms with E-state index in [1.54, 1.807) is 38.4 Å². The van der Waals surface area contributed by atoms with Crippen molar-refractivity contribution in [1.29, 1.82) is 0 Å². The number of aromatic nitrogens is 1. The second-order valence-corrected chi connectivity index (χ2v) is 9.19. The molecule has 7 heteroatoms. The van der Waals surface area contributed by atoms with Gasteiger partial charge in [-0.05, 0) is 62.8 Å². The molecule has 5 atom stereocenters. The second kappa shape index (κ2) is 12.5. The molecule has 0 amide bonds. The average Bonchev–Trinajstić information content (AvgIpc) is 2.78. The summed E-state index contributed by atoms with van der Waals surface area (Å²) < 4.78 is 5.32. The van der Waals surface area contributed by atoms with Gasteiger partial charge in [-0.25, -0.2) is 0 Å². The van der Waals surface area contributed by atoms with Crippen molar-refractivity contribution < 1.29 is 29.3 Å². The van der Waals surface area contributed by atoms with Gasteiger partial charge in [0.2, 0.25) is 11.6 Å². The lowest BCUT2D eigenvalue weighted by atomic mass is 9.79. The Hall–Kier alpha value is -2.90. The molecule has 1 heterocycles. The SMILES string of the molecule is CC(=O)O[C@@H]1/C=C/[C@H](C)[C@@H](/C(C)=C/C=C/Cc2ccncc2)C(=O)C(=O)C[C@H](O)CC[C@@]1(C)O. The second-order valence-electron chi connectivity index (χ2n) is 9.19. The van der Waals surface area contributed by atoms with E-state index in [-0.39, 0.29) is 19.3 Å². The number of carbonyl (C=O) groups is 3. The zero-order valence-corrected chi connectivity index (χ0v) is 20.3. The maximum Gasteiger partial charge on any atom is 0.303 e. The molecule has 0 radical (unpaired) electrons. The molecule has 2 rings (SSSR count). The number of hydrogen-bond acceptors (Lipinski definition) is 7. The minimum Gasteiger partial charge on any atom is -0.455 e. The Balaban J connectivity index is 2.33. The van der Waals surface area contributed by atoms with E-state index < -0.39 is 47.2 Å². The Morgan fingerprint density at radius 2 is 1.91 bits per heavy atom. The Bertz CT molecular complexity index is 947. The number of nitrogens with zero attached hydrogens (tertiary/aromatic N) is 1. The average molecular weight is 470 g/mol. The van der Waals surface area contributed by atoms with Gasteiger partial charge in [0.1, 0.15) is 11.7 Å². The first-order valence-corrected chi connectivity index (χ1v) is 11.6. The van der Waals surface area contributed by atoms with Crippen LogP contribution in [0.15, 0.2) is 60.5 Å². The quantitative estimate of drug-likeness (QED) is 0.294. The van der Waals surface area contributed by atoms with Crippen molar-refractivity contribution in [3.8, 4) is 0 Å². The van der Waals surface area contributed by atoms with Gasteiger partial charge in [-0.3, -0.25) is 19.4 Å².